The zero-order valence-corrected chi connectivity index (χ0v) is 6.33. The molecule has 0 heterocycles. The van der Waals surface area contributed by atoms with Crippen LogP contribution in [0.25, 0.3) is 0 Å². The first-order chi connectivity index (χ1) is 5.29. The van der Waals surface area contributed by atoms with E-state index in [0.717, 1.165) is 6.42 Å². The first-order valence-electron chi connectivity index (χ1n) is 3.72. The summed E-state index contributed by atoms with van der Waals surface area (Å²) < 4.78 is 0. The molecule has 1 rings (SSSR count). The Morgan fingerprint density at radius 2 is 1.91 bits per heavy atom. The van der Waals surface area contributed by atoms with E-state index in [1.54, 1.807) is 0 Å². The fourth-order valence-corrected chi connectivity index (χ4v) is 0.948. The van der Waals surface area contributed by atoms with E-state index >= 15 is 0 Å². The number of aryl methyl sites for hydroxylation is 1. The van der Waals surface area contributed by atoms with Gasteiger partial charge in [0.05, 0.1) is 0 Å². The third kappa shape index (κ3) is 3.16. The molecule has 1 atom stereocenters. The highest BCUT2D eigenvalue weighted by Gasteiger charge is 1.96. The van der Waals surface area contributed by atoms with Crippen molar-refractivity contribution in [1.29, 1.82) is 0 Å². The van der Waals surface area contributed by atoms with Crippen molar-refractivity contribution in [2.45, 2.75) is 19.1 Å². The summed E-state index contributed by atoms with van der Waals surface area (Å²) in [4.78, 5) is 0. The third-order valence-electron chi connectivity index (χ3n) is 1.55. The molecule has 1 aromatic carbocycles. The fraction of sp³-hybridized carbons (Fsp3) is 0.333. The Balaban J connectivity index is 2.39. The minimum Gasteiger partial charge on any atom is -0.377 e. The zero-order valence-electron chi connectivity index (χ0n) is 6.33. The number of rotatable bonds is 3. The Kier molecular flexibility index (Phi) is 3.08. The van der Waals surface area contributed by atoms with Crippen LogP contribution in [0.3, 0.4) is 0 Å². The van der Waals surface area contributed by atoms with Crippen molar-refractivity contribution in [3.63, 3.8) is 0 Å². The van der Waals surface area contributed by atoms with Crippen LogP contribution in [0.5, 0.6) is 0 Å². The first-order valence-corrected chi connectivity index (χ1v) is 3.72. The lowest BCUT2D eigenvalue weighted by molar-refractivity contribution is 0.164. The molecule has 2 N–H and O–H groups in total. The molecule has 0 amide bonds. The van der Waals surface area contributed by atoms with Gasteiger partial charge in [-0.2, -0.15) is 0 Å². The molecule has 0 spiro atoms. The summed E-state index contributed by atoms with van der Waals surface area (Å²) in [5.74, 6) is 0. The van der Waals surface area contributed by atoms with Crippen molar-refractivity contribution >= 4 is 0 Å². The SMILES string of the molecule is [NH]C(O)CCc1ccccc1. The molecule has 59 valence electrons. The van der Waals surface area contributed by atoms with Gasteiger partial charge in [-0.05, 0) is 18.4 Å². The Bertz CT molecular complexity index is 196. The van der Waals surface area contributed by atoms with Crippen molar-refractivity contribution in [1.82, 2.24) is 5.73 Å². The Hall–Kier alpha value is -0.860. The summed E-state index contributed by atoms with van der Waals surface area (Å²) in [6, 6.07) is 9.89. The quantitative estimate of drug-likeness (QED) is 0.691. The number of benzene rings is 1. The monoisotopic (exact) mass is 150 g/mol. The molecule has 0 aliphatic heterocycles. The second kappa shape index (κ2) is 4.11. The van der Waals surface area contributed by atoms with E-state index in [0.29, 0.717) is 6.42 Å². The van der Waals surface area contributed by atoms with Gasteiger partial charge in [-0.15, -0.1) is 0 Å². The summed E-state index contributed by atoms with van der Waals surface area (Å²) in [5.41, 5.74) is 8.06. The predicted molar refractivity (Wildman–Crippen MR) is 43.9 cm³/mol. The minimum atomic E-state index is -0.935. The summed E-state index contributed by atoms with van der Waals surface area (Å²) in [7, 11) is 0. The largest absolute Gasteiger partial charge is 0.377 e. The second-order valence-electron chi connectivity index (χ2n) is 2.54. The number of aliphatic hydroxyl groups is 1. The molecule has 0 fully saturated rings. The molecular formula is C9H12NO. The summed E-state index contributed by atoms with van der Waals surface area (Å²) >= 11 is 0. The van der Waals surface area contributed by atoms with Gasteiger partial charge >= 0.3 is 0 Å². The van der Waals surface area contributed by atoms with Crippen LogP contribution in [0.2, 0.25) is 0 Å². The van der Waals surface area contributed by atoms with Gasteiger partial charge in [0.25, 0.3) is 0 Å². The Morgan fingerprint density at radius 3 is 2.45 bits per heavy atom. The second-order valence-corrected chi connectivity index (χ2v) is 2.54. The van der Waals surface area contributed by atoms with Gasteiger partial charge in [0.2, 0.25) is 0 Å². The minimum absolute atomic E-state index is 0.518. The van der Waals surface area contributed by atoms with Gasteiger partial charge < -0.3 is 5.11 Å². The van der Waals surface area contributed by atoms with Crippen LogP contribution >= 0.6 is 0 Å². The van der Waals surface area contributed by atoms with Crippen LogP contribution in [0.15, 0.2) is 30.3 Å². The van der Waals surface area contributed by atoms with Crippen LogP contribution in [0.4, 0.5) is 0 Å². The van der Waals surface area contributed by atoms with Crippen LogP contribution in [0, 0.1) is 0 Å². The fourth-order valence-electron chi connectivity index (χ4n) is 0.948. The van der Waals surface area contributed by atoms with E-state index in [9.17, 15) is 0 Å². The van der Waals surface area contributed by atoms with Crippen molar-refractivity contribution in [2.24, 2.45) is 0 Å². The molecule has 0 aromatic heterocycles. The molecule has 2 heteroatoms. The van der Waals surface area contributed by atoms with Crippen LogP contribution in [0.1, 0.15) is 12.0 Å². The maximum Gasteiger partial charge on any atom is 0.117 e. The maximum absolute atomic E-state index is 8.68. The number of aliphatic hydroxyl groups excluding tert-OH is 1. The van der Waals surface area contributed by atoms with Crippen LogP contribution in [-0.2, 0) is 6.42 Å². The van der Waals surface area contributed by atoms with Crippen LogP contribution < -0.4 is 5.73 Å². The highest BCUT2D eigenvalue weighted by Crippen LogP contribution is 2.02. The predicted octanol–water partition coefficient (Wildman–Crippen LogP) is 1.22. The molecule has 0 saturated carbocycles. The molecule has 1 aromatic rings. The molecule has 1 unspecified atom stereocenters. The lowest BCUT2D eigenvalue weighted by Gasteiger charge is -2.02. The van der Waals surface area contributed by atoms with Gasteiger partial charge in [-0.25, -0.2) is 5.73 Å². The van der Waals surface area contributed by atoms with Crippen LogP contribution in [-0.4, -0.2) is 11.3 Å². The van der Waals surface area contributed by atoms with Crippen molar-refractivity contribution in [3.05, 3.63) is 35.9 Å². The highest BCUT2D eigenvalue weighted by molar-refractivity contribution is 5.14. The molecule has 0 bridgehead atoms. The Labute approximate surface area is 66.7 Å². The Morgan fingerprint density at radius 1 is 1.27 bits per heavy atom. The van der Waals surface area contributed by atoms with Gasteiger partial charge in [0, 0.05) is 0 Å². The molecule has 0 aliphatic carbocycles. The number of nitrogens with one attached hydrogen (secondary N) is 1. The van der Waals surface area contributed by atoms with Crippen molar-refractivity contribution in [3.8, 4) is 0 Å². The average Bonchev–Trinajstić information content (AvgIpc) is 2.03. The first kappa shape index (κ1) is 8.24. The lowest BCUT2D eigenvalue weighted by Crippen LogP contribution is -2.07. The highest BCUT2D eigenvalue weighted by atomic mass is 16.3. The molecule has 1 radical (unpaired) electrons. The van der Waals surface area contributed by atoms with Gasteiger partial charge in [0.1, 0.15) is 6.23 Å². The number of hydrogen-bond acceptors (Lipinski definition) is 1. The molecule has 0 saturated heterocycles. The lowest BCUT2D eigenvalue weighted by atomic mass is 10.1. The summed E-state index contributed by atoms with van der Waals surface area (Å²) in [6.45, 7) is 0. The maximum atomic E-state index is 8.68. The van der Waals surface area contributed by atoms with Crippen molar-refractivity contribution in [2.75, 3.05) is 0 Å². The van der Waals surface area contributed by atoms with E-state index < -0.39 is 6.23 Å². The standard InChI is InChI=1S/C9H12NO/c10-9(11)7-6-8-4-2-1-3-5-8/h1-5,9-11H,6-7H2. The molecule has 2 nitrogen and oxygen atoms in total. The third-order valence-corrected chi connectivity index (χ3v) is 1.55. The van der Waals surface area contributed by atoms with E-state index in [2.05, 4.69) is 0 Å². The van der Waals surface area contributed by atoms with E-state index in [-0.39, 0.29) is 0 Å². The van der Waals surface area contributed by atoms with Crippen molar-refractivity contribution < 1.29 is 5.11 Å². The molecule has 11 heavy (non-hydrogen) atoms. The van der Waals surface area contributed by atoms with Gasteiger partial charge in [0.15, 0.2) is 0 Å². The zero-order chi connectivity index (χ0) is 8.10. The van der Waals surface area contributed by atoms with E-state index in [1.165, 1.54) is 5.56 Å². The summed E-state index contributed by atoms with van der Waals surface area (Å²) in [6.07, 6.45) is 0.366. The van der Waals surface area contributed by atoms with E-state index in [1.807, 2.05) is 30.3 Å². The normalized spacial score (nSPS) is 12.9. The topological polar surface area (TPSA) is 44.0 Å². The molecular weight excluding hydrogens is 138 g/mol. The summed E-state index contributed by atoms with van der Waals surface area (Å²) in [5, 5.41) is 8.68. The van der Waals surface area contributed by atoms with Gasteiger partial charge in [-0.1, -0.05) is 30.3 Å². The van der Waals surface area contributed by atoms with E-state index in [4.69, 9.17) is 10.8 Å². The number of hydrogen-bond donors (Lipinski definition) is 1. The molecule has 0 aliphatic rings. The van der Waals surface area contributed by atoms with Gasteiger partial charge in [-0.3, -0.25) is 0 Å². The smallest absolute Gasteiger partial charge is 0.117 e. The average molecular weight is 150 g/mol.